The number of rotatable bonds is 0. The number of phenolic OH excluding ortho intramolecular Hbond substituents is 1. The molecule has 0 aliphatic carbocycles. The monoisotopic (exact) mass is 208 g/mol. The van der Waals surface area contributed by atoms with E-state index in [9.17, 15) is 5.11 Å². The molecule has 0 heterocycles. The van der Waals surface area contributed by atoms with Crippen LogP contribution in [0, 0.1) is 6.92 Å². The van der Waals surface area contributed by atoms with E-state index in [1.165, 1.54) is 10.9 Å². The minimum absolute atomic E-state index is 0.355. The van der Waals surface area contributed by atoms with Gasteiger partial charge in [0.05, 0.1) is 0 Å². The van der Waals surface area contributed by atoms with Crippen molar-refractivity contribution in [1.29, 1.82) is 0 Å². The molecule has 3 aromatic carbocycles. The maximum atomic E-state index is 9.96. The first-order valence-corrected chi connectivity index (χ1v) is 5.37. The second kappa shape index (κ2) is 3.24. The van der Waals surface area contributed by atoms with E-state index in [0.717, 1.165) is 16.2 Å². The van der Waals surface area contributed by atoms with Gasteiger partial charge in [-0.25, -0.2) is 0 Å². The zero-order valence-corrected chi connectivity index (χ0v) is 9.07. The van der Waals surface area contributed by atoms with Crippen molar-refractivity contribution in [2.24, 2.45) is 0 Å². The number of phenols is 1. The largest absolute Gasteiger partial charge is 0.507 e. The van der Waals surface area contributed by atoms with E-state index in [1.54, 1.807) is 0 Å². The average molecular weight is 208 g/mol. The lowest BCUT2D eigenvalue weighted by Gasteiger charge is -2.07. The Morgan fingerprint density at radius 2 is 1.62 bits per heavy atom. The summed E-state index contributed by atoms with van der Waals surface area (Å²) in [6, 6.07) is 16.1. The molecule has 0 amide bonds. The molecule has 0 unspecified atom stereocenters. The predicted octanol–water partition coefficient (Wildman–Crippen LogP) is 4.01. The summed E-state index contributed by atoms with van der Waals surface area (Å²) in [5.41, 5.74) is 1.21. The average Bonchev–Trinajstić information content (AvgIpc) is 2.29. The number of hydrogen-bond acceptors (Lipinski definition) is 1. The standard InChI is InChI=1S/C15H12O/c1-10-6-7-13-14(8-10)12-5-3-2-4-11(12)9-15(13)16/h2-9,16H,1H3. The van der Waals surface area contributed by atoms with Crippen LogP contribution < -0.4 is 0 Å². The van der Waals surface area contributed by atoms with Gasteiger partial charge in [-0.1, -0.05) is 48.0 Å². The van der Waals surface area contributed by atoms with Gasteiger partial charge in [-0.15, -0.1) is 0 Å². The molecule has 0 radical (unpaired) electrons. The molecule has 0 bridgehead atoms. The third kappa shape index (κ3) is 1.25. The third-order valence-corrected chi connectivity index (χ3v) is 2.99. The summed E-state index contributed by atoms with van der Waals surface area (Å²) in [6.45, 7) is 2.07. The minimum atomic E-state index is 0.355. The summed E-state index contributed by atoms with van der Waals surface area (Å²) in [5, 5.41) is 14.3. The third-order valence-electron chi connectivity index (χ3n) is 2.99. The molecule has 0 spiro atoms. The van der Waals surface area contributed by atoms with Gasteiger partial charge in [0, 0.05) is 5.39 Å². The highest BCUT2D eigenvalue weighted by Gasteiger charge is 2.04. The quantitative estimate of drug-likeness (QED) is 0.553. The minimum Gasteiger partial charge on any atom is -0.507 e. The van der Waals surface area contributed by atoms with Gasteiger partial charge in [0.2, 0.25) is 0 Å². The molecule has 3 aromatic rings. The fourth-order valence-electron chi connectivity index (χ4n) is 2.20. The summed E-state index contributed by atoms with van der Waals surface area (Å²) in [6.07, 6.45) is 0. The predicted molar refractivity (Wildman–Crippen MR) is 67.9 cm³/mol. The molecule has 3 rings (SSSR count). The molecule has 0 saturated heterocycles. The smallest absolute Gasteiger partial charge is 0.124 e. The summed E-state index contributed by atoms with van der Waals surface area (Å²) >= 11 is 0. The summed E-state index contributed by atoms with van der Waals surface area (Å²) < 4.78 is 0. The molecule has 0 aliphatic heterocycles. The zero-order chi connectivity index (χ0) is 11.1. The highest BCUT2D eigenvalue weighted by atomic mass is 16.3. The molecule has 0 aromatic heterocycles. The number of benzene rings is 3. The lowest BCUT2D eigenvalue weighted by molar-refractivity contribution is 0.482. The molecule has 1 N–H and O–H groups in total. The Hall–Kier alpha value is -2.02. The Morgan fingerprint density at radius 1 is 0.812 bits per heavy atom. The molecule has 0 saturated carbocycles. The highest BCUT2D eigenvalue weighted by Crippen LogP contribution is 2.32. The maximum absolute atomic E-state index is 9.96. The van der Waals surface area contributed by atoms with Gasteiger partial charge in [0.25, 0.3) is 0 Å². The van der Waals surface area contributed by atoms with Gasteiger partial charge in [0.1, 0.15) is 5.75 Å². The van der Waals surface area contributed by atoms with Crippen molar-refractivity contribution in [1.82, 2.24) is 0 Å². The molecule has 1 nitrogen and oxygen atoms in total. The lowest BCUT2D eigenvalue weighted by atomic mass is 9.99. The number of hydrogen-bond donors (Lipinski definition) is 1. The van der Waals surface area contributed by atoms with Crippen LogP contribution in [0.2, 0.25) is 0 Å². The molecule has 0 aliphatic rings. The van der Waals surface area contributed by atoms with Crippen LogP contribution in [-0.4, -0.2) is 5.11 Å². The molecular formula is C15H12O. The van der Waals surface area contributed by atoms with Crippen LogP contribution in [0.5, 0.6) is 5.75 Å². The van der Waals surface area contributed by atoms with Crippen LogP contribution in [-0.2, 0) is 0 Å². The lowest BCUT2D eigenvalue weighted by Crippen LogP contribution is -1.80. The fourth-order valence-corrected chi connectivity index (χ4v) is 2.20. The molecule has 0 fully saturated rings. The van der Waals surface area contributed by atoms with E-state index in [4.69, 9.17) is 0 Å². The van der Waals surface area contributed by atoms with Crippen LogP contribution in [0.25, 0.3) is 21.5 Å². The van der Waals surface area contributed by atoms with Crippen LogP contribution in [0.1, 0.15) is 5.56 Å². The normalized spacial score (nSPS) is 11.1. The van der Waals surface area contributed by atoms with Crippen LogP contribution in [0.3, 0.4) is 0 Å². The van der Waals surface area contributed by atoms with Crippen molar-refractivity contribution >= 4 is 21.5 Å². The van der Waals surface area contributed by atoms with E-state index in [0.29, 0.717) is 5.75 Å². The van der Waals surface area contributed by atoms with Crippen molar-refractivity contribution in [2.45, 2.75) is 6.92 Å². The molecule has 1 heteroatoms. The molecular weight excluding hydrogens is 196 g/mol. The summed E-state index contributed by atoms with van der Waals surface area (Å²) in [4.78, 5) is 0. The van der Waals surface area contributed by atoms with Crippen molar-refractivity contribution in [3.63, 3.8) is 0 Å². The first-order valence-electron chi connectivity index (χ1n) is 5.37. The van der Waals surface area contributed by atoms with Crippen molar-refractivity contribution in [2.75, 3.05) is 0 Å². The second-order valence-electron chi connectivity index (χ2n) is 4.17. The Labute approximate surface area is 94.0 Å². The first kappa shape index (κ1) is 9.22. The molecule has 0 atom stereocenters. The Bertz CT molecular complexity index is 683. The van der Waals surface area contributed by atoms with Gasteiger partial charge in [-0.2, -0.15) is 0 Å². The van der Waals surface area contributed by atoms with Crippen LogP contribution >= 0.6 is 0 Å². The van der Waals surface area contributed by atoms with E-state index in [1.807, 2.05) is 36.4 Å². The first-order chi connectivity index (χ1) is 7.75. The molecule has 78 valence electrons. The van der Waals surface area contributed by atoms with E-state index in [-0.39, 0.29) is 0 Å². The van der Waals surface area contributed by atoms with Crippen LogP contribution in [0.15, 0.2) is 48.5 Å². The van der Waals surface area contributed by atoms with Crippen molar-refractivity contribution in [3.8, 4) is 5.75 Å². The van der Waals surface area contributed by atoms with Gasteiger partial charge in [-0.05, 0) is 29.1 Å². The van der Waals surface area contributed by atoms with Gasteiger partial charge >= 0.3 is 0 Å². The van der Waals surface area contributed by atoms with Crippen molar-refractivity contribution < 1.29 is 5.11 Å². The van der Waals surface area contributed by atoms with Gasteiger partial charge in [0.15, 0.2) is 0 Å². The number of aryl methyl sites for hydroxylation is 1. The Kier molecular flexibility index (Phi) is 1.87. The highest BCUT2D eigenvalue weighted by molar-refractivity contribution is 6.10. The topological polar surface area (TPSA) is 20.2 Å². The Balaban J connectivity index is 2.61. The van der Waals surface area contributed by atoms with Gasteiger partial charge < -0.3 is 5.11 Å². The summed E-state index contributed by atoms with van der Waals surface area (Å²) in [7, 11) is 0. The van der Waals surface area contributed by atoms with Crippen LogP contribution in [0.4, 0.5) is 0 Å². The van der Waals surface area contributed by atoms with E-state index in [2.05, 4.69) is 19.1 Å². The van der Waals surface area contributed by atoms with E-state index < -0.39 is 0 Å². The SMILES string of the molecule is Cc1ccc2c(O)cc3ccccc3c2c1. The zero-order valence-electron chi connectivity index (χ0n) is 9.07. The number of aromatic hydroxyl groups is 1. The fraction of sp³-hybridized carbons (Fsp3) is 0.0667. The number of fused-ring (bicyclic) bond motifs is 3. The van der Waals surface area contributed by atoms with Crippen molar-refractivity contribution in [3.05, 3.63) is 54.1 Å². The molecule has 16 heavy (non-hydrogen) atoms. The second-order valence-corrected chi connectivity index (χ2v) is 4.17. The van der Waals surface area contributed by atoms with Gasteiger partial charge in [-0.3, -0.25) is 0 Å². The summed E-state index contributed by atoms with van der Waals surface area (Å²) in [5.74, 6) is 0.355. The van der Waals surface area contributed by atoms with E-state index >= 15 is 0 Å². The Morgan fingerprint density at radius 3 is 2.50 bits per heavy atom. The maximum Gasteiger partial charge on any atom is 0.124 e.